The van der Waals surface area contributed by atoms with E-state index in [1.54, 1.807) is 19.2 Å². The number of para-hydroxylation sites is 1. The van der Waals surface area contributed by atoms with Crippen LogP contribution in [-0.4, -0.2) is 36.4 Å². The number of benzene rings is 1. The Morgan fingerprint density at radius 1 is 1.04 bits per heavy atom. The lowest BCUT2D eigenvalue weighted by molar-refractivity contribution is 0.0942. The quantitative estimate of drug-likeness (QED) is 0.646. The number of aromatic nitrogens is 2. The summed E-state index contributed by atoms with van der Waals surface area (Å²) in [6, 6.07) is 9.84. The molecule has 0 radical (unpaired) electrons. The second kappa shape index (κ2) is 10.0. The standard InChI is InChI=1S/C21H30N4O2/c1-14(2)16-8-6-9-17(15(3)4)20(16)23-19-11-10-18(24-25-19)21(26)22-12-7-13-27-5/h6,8-11,14-15H,7,12-13H2,1-5H3,(H,22,26)(H,23,25). The molecule has 0 aliphatic heterocycles. The van der Waals surface area contributed by atoms with Crippen LogP contribution in [0.3, 0.4) is 0 Å². The first-order chi connectivity index (χ1) is 12.9. The predicted octanol–water partition coefficient (Wildman–Crippen LogP) is 4.23. The molecule has 0 aliphatic carbocycles. The van der Waals surface area contributed by atoms with Crippen LogP contribution in [0, 0.1) is 0 Å². The van der Waals surface area contributed by atoms with E-state index in [0.29, 0.717) is 36.5 Å². The first-order valence-electron chi connectivity index (χ1n) is 9.44. The highest BCUT2D eigenvalue weighted by molar-refractivity contribution is 5.92. The second-order valence-corrected chi connectivity index (χ2v) is 7.15. The molecule has 1 aromatic carbocycles. The van der Waals surface area contributed by atoms with Crippen molar-refractivity contribution in [2.75, 3.05) is 25.6 Å². The van der Waals surface area contributed by atoms with E-state index in [-0.39, 0.29) is 5.91 Å². The lowest BCUT2D eigenvalue weighted by Gasteiger charge is -2.20. The fourth-order valence-electron chi connectivity index (χ4n) is 2.85. The van der Waals surface area contributed by atoms with E-state index in [4.69, 9.17) is 4.74 Å². The summed E-state index contributed by atoms with van der Waals surface area (Å²) in [5.41, 5.74) is 3.86. The van der Waals surface area contributed by atoms with Crippen molar-refractivity contribution in [2.24, 2.45) is 0 Å². The number of nitrogens with one attached hydrogen (secondary N) is 2. The number of carbonyl (C=O) groups excluding carboxylic acids is 1. The maximum Gasteiger partial charge on any atom is 0.271 e. The van der Waals surface area contributed by atoms with Gasteiger partial charge in [0.25, 0.3) is 5.91 Å². The van der Waals surface area contributed by atoms with E-state index in [2.05, 4.69) is 66.7 Å². The van der Waals surface area contributed by atoms with Gasteiger partial charge < -0.3 is 15.4 Å². The maximum atomic E-state index is 12.1. The van der Waals surface area contributed by atoms with Crippen molar-refractivity contribution >= 4 is 17.4 Å². The van der Waals surface area contributed by atoms with Crippen molar-refractivity contribution in [1.29, 1.82) is 0 Å². The van der Waals surface area contributed by atoms with Crippen molar-refractivity contribution in [3.8, 4) is 0 Å². The molecule has 2 N–H and O–H groups in total. The van der Waals surface area contributed by atoms with Crippen LogP contribution in [0.2, 0.25) is 0 Å². The number of hydrogen-bond acceptors (Lipinski definition) is 5. The third-order valence-corrected chi connectivity index (χ3v) is 4.33. The fraction of sp³-hybridized carbons (Fsp3) is 0.476. The third-order valence-electron chi connectivity index (χ3n) is 4.33. The molecule has 0 bridgehead atoms. The van der Waals surface area contributed by atoms with Gasteiger partial charge in [-0.2, -0.15) is 0 Å². The van der Waals surface area contributed by atoms with Gasteiger partial charge in [-0.1, -0.05) is 45.9 Å². The van der Waals surface area contributed by atoms with Crippen LogP contribution >= 0.6 is 0 Å². The summed E-state index contributed by atoms with van der Waals surface area (Å²) in [4.78, 5) is 12.1. The van der Waals surface area contributed by atoms with Gasteiger partial charge in [-0.25, -0.2) is 0 Å². The molecule has 146 valence electrons. The summed E-state index contributed by atoms with van der Waals surface area (Å²) in [6.07, 6.45) is 0.763. The van der Waals surface area contributed by atoms with E-state index in [1.807, 2.05) is 0 Å². The average molecular weight is 370 g/mol. The fourth-order valence-corrected chi connectivity index (χ4v) is 2.85. The number of amides is 1. The Hall–Kier alpha value is -2.47. The molecule has 2 rings (SSSR count). The Balaban J connectivity index is 2.14. The number of hydrogen-bond donors (Lipinski definition) is 2. The average Bonchev–Trinajstić information content (AvgIpc) is 2.65. The third kappa shape index (κ3) is 5.76. The number of nitrogens with zero attached hydrogens (tertiary/aromatic N) is 2. The highest BCUT2D eigenvalue weighted by atomic mass is 16.5. The van der Waals surface area contributed by atoms with Crippen LogP contribution in [-0.2, 0) is 4.74 Å². The van der Waals surface area contributed by atoms with Gasteiger partial charge >= 0.3 is 0 Å². The lowest BCUT2D eigenvalue weighted by atomic mass is 9.92. The molecule has 6 heteroatoms. The van der Waals surface area contributed by atoms with E-state index < -0.39 is 0 Å². The van der Waals surface area contributed by atoms with Gasteiger partial charge in [-0.3, -0.25) is 4.79 Å². The van der Waals surface area contributed by atoms with Crippen LogP contribution in [0.5, 0.6) is 0 Å². The molecule has 2 aromatic rings. The predicted molar refractivity (Wildman–Crippen MR) is 109 cm³/mol. The van der Waals surface area contributed by atoms with Gasteiger partial charge in [0.05, 0.1) is 0 Å². The highest BCUT2D eigenvalue weighted by Gasteiger charge is 2.15. The van der Waals surface area contributed by atoms with E-state index in [9.17, 15) is 4.79 Å². The number of rotatable bonds is 9. The van der Waals surface area contributed by atoms with Crippen molar-refractivity contribution in [3.05, 3.63) is 47.2 Å². The Bertz CT molecular complexity index is 716. The summed E-state index contributed by atoms with van der Waals surface area (Å²) in [5.74, 6) is 1.17. The van der Waals surface area contributed by atoms with Crippen LogP contribution in [0.1, 0.15) is 67.6 Å². The maximum absolute atomic E-state index is 12.1. The SMILES string of the molecule is COCCCNC(=O)c1ccc(Nc2c(C(C)C)cccc2C(C)C)nn1. The number of carbonyl (C=O) groups is 1. The molecule has 0 saturated heterocycles. The zero-order valence-electron chi connectivity index (χ0n) is 16.9. The number of ether oxygens (including phenoxy) is 1. The zero-order chi connectivity index (χ0) is 19.8. The molecular formula is C21H30N4O2. The summed E-state index contributed by atoms with van der Waals surface area (Å²) >= 11 is 0. The van der Waals surface area contributed by atoms with Gasteiger partial charge in [0.2, 0.25) is 0 Å². The molecule has 0 aliphatic rings. The number of methoxy groups -OCH3 is 1. The molecule has 1 heterocycles. The zero-order valence-corrected chi connectivity index (χ0v) is 16.9. The Kier molecular flexibility index (Phi) is 7.73. The molecular weight excluding hydrogens is 340 g/mol. The molecule has 0 unspecified atom stereocenters. The molecule has 0 fully saturated rings. The molecule has 27 heavy (non-hydrogen) atoms. The van der Waals surface area contributed by atoms with Gasteiger partial charge in [0, 0.05) is 25.9 Å². The first-order valence-corrected chi connectivity index (χ1v) is 9.44. The Labute approximate surface area is 161 Å². The molecule has 0 atom stereocenters. The van der Waals surface area contributed by atoms with Crippen molar-refractivity contribution in [3.63, 3.8) is 0 Å². The van der Waals surface area contributed by atoms with Gasteiger partial charge in [-0.15, -0.1) is 10.2 Å². The van der Waals surface area contributed by atoms with Crippen LogP contribution in [0.25, 0.3) is 0 Å². The van der Waals surface area contributed by atoms with Crippen molar-refractivity contribution < 1.29 is 9.53 Å². The molecule has 1 amide bonds. The minimum atomic E-state index is -0.226. The van der Waals surface area contributed by atoms with E-state index in [0.717, 1.165) is 12.1 Å². The molecule has 1 aromatic heterocycles. The monoisotopic (exact) mass is 370 g/mol. The Morgan fingerprint density at radius 3 is 2.22 bits per heavy atom. The molecule has 0 saturated carbocycles. The van der Waals surface area contributed by atoms with E-state index >= 15 is 0 Å². The van der Waals surface area contributed by atoms with E-state index in [1.165, 1.54) is 11.1 Å². The smallest absolute Gasteiger partial charge is 0.271 e. The largest absolute Gasteiger partial charge is 0.385 e. The topological polar surface area (TPSA) is 76.1 Å². The van der Waals surface area contributed by atoms with Crippen molar-refractivity contribution in [1.82, 2.24) is 15.5 Å². The Morgan fingerprint density at radius 2 is 1.70 bits per heavy atom. The van der Waals surface area contributed by atoms with Gasteiger partial charge in [0.15, 0.2) is 11.5 Å². The molecule has 6 nitrogen and oxygen atoms in total. The second-order valence-electron chi connectivity index (χ2n) is 7.15. The minimum absolute atomic E-state index is 0.226. The van der Waals surface area contributed by atoms with Crippen LogP contribution < -0.4 is 10.6 Å². The van der Waals surface area contributed by atoms with Gasteiger partial charge in [-0.05, 0) is 41.5 Å². The molecule has 0 spiro atoms. The first kappa shape index (κ1) is 20.8. The van der Waals surface area contributed by atoms with Crippen molar-refractivity contribution in [2.45, 2.75) is 46.0 Å². The summed E-state index contributed by atoms with van der Waals surface area (Å²) in [6.45, 7) is 9.86. The lowest BCUT2D eigenvalue weighted by Crippen LogP contribution is -2.26. The number of anilines is 2. The summed E-state index contributed by atoms with van der Waals surface area (Å²) in [5, 5.41) is 14.5. The summed E-state index contributed by atoms with van der Waals surface area (Å²) < 4.78 is 4.97. The minimum Gasteiger partial charge on any atom is -0.385 e. The van der Waals surface area contributed by atoms with Crippen LogP contribution in [0.15, 0.2) is 30.3 Å². The summed E-state index contributed by atoms with van der Waals surface area (Å²) in [7, 11) is 1.64. The normalized spacial score (nSPS) is 11.1. The highest BCUT2D eigenvalue weighted by Crippen LogP contribution is 2.33. The van der Waals surface area contributed by atoms with Gasteiger partial charge in [0.1, 0.15) is 0 Å². The van der Waals surface area contributed by atoms with Crippen LogP contribution in [0.4, 0.5) is 11.5 Å².